The van der Waals surface area contributed by atoms with Gasteiger partial charge in [0.25, 0.3) is 10.0 Å². The molecule has 0 saturated carbocycles. The van der Waals surface area contributed by atoms with E-state index >= 15 is 0 Å². The highest BCUT2D eigenvalue weighted by Gasteiger charge is 2.16. The fourth-order valence-corrected chi connectivity index (χ4v) is 2.48. The van der Waals surface area contributed by atoms with Crippen molar-refractivity contribution in [3.63, 3.8) is 0 Å². The molecule has 0 atom stereocenters. The Balaban J connectivity index is 2.29. The largest absolute Gasteiger partial charge is 0.395 e. The molecule has 1 aromatic heterocycles. The third kappa shape index (κ3) is 3.38. The van der Waals surface area contributed by atoms with E-state index in [1.54, 1.807) is 24.3 Å². The number of hydrogen-bond acceptors (Lipinski definition) is 4. The number of anilines is 1. The van der Waals surface area contributed by atoms with Crippen LogP contribution in [0.2, 0.25) is 0 Å². The van der Waals surface area contributed by atoms with Gasteiger partial charge in [-0.2, -0.15) is 13.5 Å². The maximum Gasteiger partial charge on any atom is 0.278 e. The molecule has 0 spiro atoms. The molecular formula is C13H13N3O3S. The summed E-state index contributed by atoms with van der Waals surface area (Å²) in [7, 11) is -3.71. The SMILES string of the molecule is O=S(=O)(Nc1ccccc1C#CCCO)c1ccn[nH]1. The van der Waals surface area contributed by atoms with Crippen LogP contribution in [0.5, 0.6) is 0 Å². The normalized spacial score (nSPS) is 10.7. The van der Waals surface area contributed by atoms with Crippen molar-refractivity contribution in [2.24, 2.45) is 0 Å². The van der Waals surface area contributed by atoms with Crippen molar-refractivity contribution in [3.05, 3.63) is 42.1 Å². The van der Waals surface area contributed by atoms with Crippen molar-refractivity contribution in [2.75, 3.05) is 11.3 Å². The van der Waals surface area contributed by atoms with Gasteiger partial charge < -0.3 is 5.11 Å². The summed E-state index contributed by atoms with van der Waals surface area (Å²) in [5.74, 6) is 5.58. The highest BCUT2D eigenvalue weighted by atomic mass is 32.2. The average Bonchev–Trinajstić information content (AvgIpc) is 2.95. The molecule has 0 aliphatic carbocycles. The van der Waals surface area contributed by atoms with E-state index < -0.39 is 10.0 Å². The molecule has 1 aromatic carbocycles. The van der Waals surface area contributed by atoms with E-state index in [0.717, 1.165) is 0 Å². The number of aliphatic hydroxyl groups excluding tert-OH is 1. The predicted molar refractivity (Wildman–Crippen MR) is 74.4 cm³/mol. The first-order valence-electron chi connectivity index (χ1n) is 5.84. The smallest absolute Gasteiger partial charge is 0.278 e. The van der Waals surface area contributed by atoms with Crippen LogP contribution >= 0.6 is 0 Å². The number of H-pyrrole nitrogens is 1. The molecule has 2 rings (SSSR count). The summed E-state index contributed by atoms with van der Waals surface area (Å²) >= 11 is 0. The molecule has 1 heterocycles. The number of sulfonamides is 1. The van der Waals surface area contributed by atoms with Crippen molar-refractivity contribution in [3.8, 4) is 11.8 Å². The summed E-state index contributed by atoms with van der Waals surface area (Å²) < 4.78 is 26.6. The Hall–Kier alpha value is -2.30. The molecule has 0 fully saturated rings. The van der Waals surface area contributed by atoms with Gasteiger partial charge in [-0.3, -0.25) is 9.82 Å². The summed E-state index contributed by atoms with van der Waals surface area (Å²) in [6.07, 6.45) is 1.70. The molecule has 2 aromatic rings. The number of nitrogens with one attached hydrogen (secondary N) is 2. The third-order valence-electron chi connectivity index (χ3n) is 2.40. The lowest BCUT2D eigenvalue weighted by atomic mass is 10.2. The Morgan fingerprint density at radius 3 is 2.80 bits per heavy atom. The van der Waals surface area contributed by atoms with Crippen LogP contribution in [-0.2, 0) is 10.0 Å². The molecule has 0 saturated heterocycles. The zero-order valence-electron chi connectivity index (χ0n) is 10.5. The highest BCUT2D eigenvalue weighted by Crippen LogP contribution is 2.18. The van der Waals surface area contributed by atoms with E-state index in [1.807, 2.05) is 0 Å². The second-order valence-electron chi connectivity index (χ2n) is 3.85. The maximum atomic E-state index is 12.1. The van der Waals surface area contributed by atoms with Crippen LogP contribution in [-0.4, -0.2) is 30.3 Å². The summed E-state index contributed by atoms with van der Waals surface area (Å²) in [5.41, 5.74) is 0.927. The average molecular weight is 291 g/mol. The number of rotatable bonds is 4. The Kier molecular flexibility index (Phi) is 4.40. The molecule has 6 nitrogen and oxygen atoms in total. The number of nitrogens with zero attached hydrogens (tertiary/aromatic N) is 1. The van der Waals surface area contributed by atoms with E-state index in [9.17, 15) is 8.42 Å². The molecule has 0 aliphatic rings. The molecule has 0 amide bonds. The van der Waals surface area contributed by atoms with Crippen LogP contribution in [0.4, 0.5) is 5.69 Å². The Bertz CT molecular complexity index is 728. The van der Waals surface area contributed by atoms with Crippen LogP contribution < -0.4 is 4.72 Å². The lowest BCUT2D eigenvalue weighted by Gasteiger charge is -2.07. The minimum atomic E-state index is -3.71. The van der Waals surface area contributed by atoms with Gasteiger partial charge in [0.15, 0.2) is 5.03 Å². The van der Waals surface area contributed by atoms with E-state index in [0.29, 0.717) is 17.7 Å². The number of benzene rings is 1. The van der Waals surface area contributed by atoms with Crippen molar-refractivity contribution >= 4 is 15.7 Å². The van der Waals surface area contributed by atoms with Crippen molar-refractivity contribution in [2.45, 2.75) is 11.4 Å². The van der Waals surface area contributed by atoms with Gasteiger partial charge >= 0.3 is 0 Å². The van der Waals surface area contributed by atoms with Crippen molar-refractivity contribution in [1.82, 2.24) is 10.2 Å². The Labute approximate surface area is 116 Å². The molecule has 0 bridgehead atoms. The third-order valence-corrected chi connectivity index (χ3v) is 3.69. The zero-order chi connectivity index (χ0) is 14.4. The quantitative estimate of drug-likeness (QED) is 0.731. The first kappa shape index (κ1) is 14.1. The molecule has 0 radical (unpaired) electrons. The molecule has 0 aliphatic heterocycles. The van der Waals surface area contributed by atoms with Crippen molar-refractivity contribution in [1.29, 1.82) is 0 Å². The summed E-state index contributed by atoms with van der Waals surface area (Å²) in [6, 6.07) is 8.16. The Morgan fingerprint density at radius 2 is 2.10 bits per heavy atom. The number of hydrogen-bond donors (Lipinski definition) is 3. The number of aromatic amines is 1. The van der Waals surface area contributed by atoms with Crippen LogP contribution in [0.3, 0.4) is 0 Å². The van der Waals surface area contributed by atoms with Gasteiger partial charge in [0.1, 0.15) is 0 Å². The number of aromatic nitrogens is 2. The van der Waals surface area contributed by atoms with Gasteiger partial charge in [0, 0.05) is 12.0 Å². The fourth-order valence-electron chi connectivity index (χ4n) is 1.49. The van der Waals surface area contributed by atoms with Crippen LogP contribution in [0, 0.1) is 11.8 Å². The Morgan fingerprint density at radius 1 is 1.30 bits per heavy atom. The van der Waals surface area contributed by atoms with E-state index in [-0.39, 0.29) is 11.6 Å². The zero-order valence-corrected chi connectivity index (χ0v) is 11.3. The number of aliphatic hydroxyl groups is 1. The second kappa shape index (κ2) is 6.23. The predicted octanol–water partition coefficient (Wildman–Crippen LogP) is 0.944. The molecule has 20 heavy (non-hydrogen) atoms. The monoisotopic (exact) mass is 291 g/mol. The van der Waals surface area contributed by atoms with Gasteiger partial charge in [0.05, 0.1) is 18.5 Å². The summed E-state index contributed by atoms with van der Waals surface area (Å²) in [5, 5.41) is 14.7. The number of para-hydroxylation sites is 1. The summed E-state index contributed by atoms with van der Waals surface area (Å²) in [4.78, 5) is 0. The lowest BCUT2D eigenvalue weighted by Crippen LogP contribution is -2.14. The van der Waals surface area contributed by atoms with Gasteiger partial charge in [-0.25, -0.2) is 0 Å². The van der Waals surface area contributed by atoms with Crippen LogP contribution in [0.25, 0.3) is 0 Å². The minimum absolute atomic E-state index is 0.0179. The van der Waals surface area contributed by atoms with E-state index in [4.69, 9.17) is 5.11 Å². The molecule has 104 valence electrons. The first-order chi connectivity index (χ1) is 9.63. The van der Waals surface area contributed by atoms with Gasteiger partial charge in [-0.05, 0) is 18.2 Å². The molecule has 7 heteroatoms. The topological polar surface area (TPSA) is 95.1 Å². The van der Waals surface area contributed by atoms with Gasteiger partial charge in [-0.15, -0.1) is 0 Å². The standard InChI is InChI=1S/C13H13N3O3S/c17-10-4-3-6-11-5-1-2-7-12(11)16-20(18,19)13-8-9-14-15-13/h1-2,5,7-9,16-17H,4,10H2,(H,14,15). The highest BCUT2D eigenvalue weighted by molar-refractivity contribution is 7.92. The van der Waals surface area contributed by atoms with Crippen LogP contribution in [0.15, 0.2) is 41.6 Å². The van der Waals surface area contributed by atoms with E-state index in [2.05, 4.69) is 26.8 Å². The summed E-state index contributed by atoms with van der Waals surface area (Å²) in [6.45, 7) is -0.0327. The van der Waals surface area contributed by atoms with Gasteiger partial charge in [0.2, 0.25) is 0 Å². The maximum absolute atomic E-state index is 12.1. The van der Waals surface area contributed by atoms with E-state index in [1.165, 1.54) is 12.3 Å². The lowest BCUT2D eigenvalue weighted by molar-refractivity contribution is 0.305. The molecular weight excluding hydrogens is 278 g/mol. The molecule has 3 N–H and O–H groups in total. The van der Waals surface area contributed by atoms with Crippen molar-refractivity contribution < 1.29 is 13.5 Å². The molecule has 0 unspecified atom stereocenters. The van der Waals surface area contributed by atoms with Gasteiger partial charge in [-0.1, -0.05) is 24.0 Å². The fraction of sp³-hybridized carbons (Fsp3) is 0.154. The first-order valence-corrected chi connectivity index (χ1v) is 7.33. The minimum Gasteiger partial charge on any atom is -0.395 e. The second-order valence-corrected chi connectivity index (χ2v) is 5.50. The van der Waals surface area contributed by atoms with Crippen LogP contribution in [0.1, 0.15) is 12.0 Å².